The summed E-state index contributed by atoms with van der Waals surface area (Å²) in [5.41, 5.74) is 7.52. The van der Waals surface area contributed by atoms with E-state index in [1.54, 1.807) is 7.11 Å². The van der Waals surface area contributed by atoms with E-state index in [1.165, 1.54) is 0 Å². The Balaban J connectivity index is 2.55. The molecule has 1 aromatic carbocycles. The summed E-state index contributed by atoms with van der Waals surface area (Å²) in [7, 11) is 0.687. The molecule has 1 atom stereocenters. The molecule has 0 saturated heterocycles. The van der Waals surface area contributed by atoms with Gasteiger partial charge in [0.2, 0.25) is 0 Å². The van der Waals surface area contributed by atoms with Crippen molar-refractivity contribution in [3.05, 3.63) is 23.8 Å². The van der Waals surface area contributed by atoms with Crippen molar-refractivity contribution in [2.24, 2.45) is 0 Å². The van der Waals surface area contributed by atoms with Crippen LogP contribution in [0, 0.1) is 6.92 Å². The van der Waals surface area contributed by atoms with Gasteiger partial charge < -0.3 is 10.5 Å². The molecule has 4 heteroatoms. The fourth-order valence-corrected chi connectivity index (χ4v) is 2.76. The molecule has 0 radical (unpaired) electrons. The molecule has 1 aromatic rings. The van der Waals surface area contributed by atoms with Crippen LogP contribution in [0.25, 0.3) is 0 Å². The predicted molar refractivity (Wildman–Crippen MR) is 68.0 cm³/mol. The van der Waals surface area contributed by atoms with Crippen LogP contribution in [0.2, 0.25) is 0 Å². The highest BCUT2D eigenvalue weighted by Crippen LogP contribution is 2.18. The Morgan fingerprint density at radius 2 is 2.12 bits per heavy atom. The average Bonchev–Trinajstić information content (AvgIpc) is 2.27. The second-order valence-corrected chi connectivity index (χ2v) is 5.33. The van der Waals surface area contributed by atoms with Crippen molar-refractivity contribution in [1.82, 2.24) is 0 Å². The van der Waals surface area contributed by atoms with Gasteiger partial charge >= 0.3 is 0 Å². The lowest BCUT2D eigenvalue weighted by Crippen LogP contribution is -2.03. The van der Waals surface area contributed by atoms with Gasteiger partial charge in [-0.15, -0.1) is 0 Å². The third-order valence-electron chi connectivity index (χ3n) is 2.34. The number of methoxy groups -OCH3 is 1. The number of nitrogen functional groups attached to an aromatic ring is 1. The molecular weight excluding hydrogens is 222 g/mol. The zero-order chi connectivity index (χ0) is 12.0. The molecule has 0 amide bonds. The molecular formula is C12H19NO2S. The number of hydrogen-bond acceptors (Lipinski definition) is 3. The molecule has 0 saturated carbocycles. The first-order valence-electron chi connectivity index (χ1n) is 5.38. The smallest absolute Gasteiger partial charge is 0.0620 e. The molecule has 16 heavy (non-hydrogen) atoms. The van der Waals surface area contributed by atoms with E-state index in [9.17, 15) is 4.21 Å². The third kappa shape index (κ3) is 3.94. The van der Waals surface area contributed by atoms with E-state index in [1.807, 2.05) is 25.1 Å². The Kier molecular flexibility index (Phi) is 5.49. The van der Waals surface area contributed by atoms with Crippen LogP contribution in [0.1, 0.15) is 18.4 Å². The molecule has 3 nitrogen and oxygen atoms in total. The van der Waals surface area contributed by atoms with E-state index < -0.39 is 10.8 Å². The Bertz CT molecular complexity index is 366. The van der Waals surface area contributed by atoms with Crippen molar-refractivity contribution in [2.75, 3.05) is 25.2 Å². The van der Waals surface area contributed by atoms with Gasteiger partial charge in [0.1, 0.15) is 0 Å². The highest BCUT2D eigenvalue weighted by atomic mass is 32.2. The molecule has 0 aliphatic rings. The molecule has 0 bridgehead atoms. The highest BCUT2D eigenvalue weighted by Gasteiger charge is 2.07. The topological polar surface area (TPSA) is 52.3 Å². The molecule has 0 aliphatic heterocycles. The van der Waals surface area contributed by atoms with E-state index >= 15 is 0 Å². The van der Waals surface area contributed by atoms with E-state index in [0.717, 1.165) is 29.9 Å². The number of anilines is 1. The van der Waals surface area contributed by atoms with Crippen molar-refractivity contribution in [2.45, 2.75) is 24.7 Å². The fourth-order valence-electron chi connectivity index (χ4n) is 1.43. The lowest BCUT2D eigenvalue weighted by Gasteiger charge is -2.06. The van der Waals surface area contributed by atoms with Crippen molar-refractivity contribution in [3.8, 4) is 0 Å². The van der Waals surface area contributed by atoms with Gasteiger partial charge in [0.15, 0.2) is 0 Å². The Morgan fingerprint density at radius 3 is 2.81 bits per heavy atom. The van der Waals surface area contributed by atoms with Crippen LogP contribution in [0.15, 0.2) is 23.1 Å². The minimum absolute atomic E-state index is 0.621. The number of nitrogens with two attached hydrogens (primary N) is 1. The predicted octanol–water partition coefficient (Wildman–Crippen LogP) is 2.11. The highest BCUT2D eigenvalue weighted by molar-refractivity contribution is 7.85. The summed E-state index contributed by atoms with van der Waals surface area (Å²) < 4.78 is 16.9. The number of benzene rings is 1. The summed E-state index contributed by atoms with van der Waals surface area (Å²) in [4.78, 5) is 0.761. The maximum absolute atomic E-state index is 12.0. The number of rotatable bonds is 6. The average molecular weight is 241 g/mol. The molecule has 90 valence electrons. The lowest BCUT2D eigenvalue weighted by molar-refractivity contribution is 0.194. The minimum atomic E-state index is -0.989. The standard InChI is InChI=1S/C12H19NO2S/c1-10-5-6-11(13)12(9-10)16(14)8-4-3-7-15-2/h5-6,9H,3-4,7-8,13H2,1-2H3. The van der Waals surface area contributed by atoms with Crippen molar-refractivity contribution < 1.29 is 8.95 Å². The molecule has 0 spiro atoms. The van der Waals surface area contributed by atoms with Gasteiger partial charge in [0, 0.05) is 25.2 Å². The quantitative estimate of drug-likeness (QED) is 0.613. The first-order valence-corrected chi connectivity index (χ1v) is 6.70. The molecule has 0 aromatic heterocycles. The maximum Gasteiger partial charge on any atom is 0.0620 e. The summed E-state index contributed by atoms with van der Waals surface area (Å²) in [5, 5.41) is 0. The number of hydrogen-bond donors (Lipinski definition) is 1. The fraction of sp³-hybridized carbons (Fsp3) is 0.500. The first kappa shape index (κ1) is 13.2. The minimum Gasteiger partial charge on any atom is -0.398 e. The number of aryl methyl sites for hydroxylation is 1. The summed E-state index contributed by atoms with van der Waals surface area (Å²) in [5.74, 6) is 0.650. The molecule has 1 unspecified atom stereocenters. The van der Waals surface area contributed by atoms with Gasteiger partial charge in [-0.3, -0.25) is 4.21 Å². The van der Waals surface area contributed by atoms with Crippen molar-refractivity contribution in [3.63, 3.8) is 0 Å². The maximum atomic E-state index is 12.0. The molecule has 0 heterocycles. The van der Waals surface area contributed by atoms with Crippen LogP contribution in [0.3, 0.4) is 0 Å². The summed E-state index contributed by atoms with van der Waals surface area (Å²) >= 11 is 0. The van der Waals surface area contributed by atoms with Gasteiger partial charge in [-0.25, -0.2) is 0 Å². The van der Waals surface area contributed by atoms with E-state index in [0.29, 0.717) is 11.4 Å². The van der Waals surface area contributed by atoms with Gasteiger partial charge in [0.25, 0.3) is 0 Å². The van der Waals surface area contributed by atoms with Gasteiger partial charge in [0.05, 0.1) is 15.7 Å². The van der Waals surface area contributed by atoms with E-state index in [4.69, 9.17) is 10.5 Å². The van der Waals surface area contributed by atoms with E-state index in [-0.39, 0.29) is 0 Å². The normalized spacial score (nSPS) is 12.6. The molecule has 0 fully saturated rings. The Labute approximate surface area is 99.4 Å². The van der Waals surface area contributed by atoms with E-state index in [2.05, 4.69) is 0 Å². The molecule has 0 aliphatic carbocycles. The Hall–Kier alpha value is -0.870. The van der Waals surface area contributed by atoms with Crippen LogP contribution in [0.4, 0.5) is 5.69 Å². The summed E-state index contributed by atoms with van der Waals surface area (Å²) in [6.45, 7) is 2.70. The second-order valence-electron chi connectivity index (χ2n) is 3.79. The van der Waals surface area contributed by atoms with Gasteiger partial charge in [-0.2, -0.15) is 0 Å². The van der Waals surface area contributed by atoms with Crippen LogP contribution in [-0.4, -0.2) is 23.7 Å². The largest absolute Gasteiger partial charge is 0.398 e. The van der Waals surface area contributed by atoms with Crippen LogP contribution < -0.4 is 5.73 Å². The van der Waals surface area contributed by atoms with Gasteiger partial charge in [-0.05, 0) is 37.5 Å². The number of ether oxygens (including phenoxy) is 1. The molecule has 1 rings (SSSR count). The van der Waals surface area contributed by atoms with Crippen LogP contribution in [-0.2, 0) is 15.5 Å². The van der Waals surface area contributed by atoms with Crippen molar-refractivity contribution in [1.29, 1.82) is 0 Å². The van der Waals surface area contributed by atoms with Crippen molar-refractivity contribution >= 4 is 16.5 Å². The van der Waals surface area contributed by atoms with Crippen LogP contribution in [0.5, 0.6) is 0 Å². The van der Waals surface area contributed by atoms with Gasteiger partial charge in [-0.1, -0.05) is 6.07 Å². The Morgan fingerprint density at radius 1 is 1.38 bits per heavy atom. The second kappa shape index (κ2) is 6.66. The zero-order valence-corrected chi connectivity index (χ0v) is 10.7. The zero-order valence-electron chi connectivity index (χ0n) is 9.86. The first-order chi connectivity index (χ1) is 7.65. The summed E-state index contributed by atoms with van der Waals surface area (Å²) in [6, 6.07) is 5.65. The third-order valence-corrected chi connectivity index (χ3v) is 3.85. The monoisotopic (exact) mass is 241 g/mol. The SMILES string of the molecule is COCCCCS(=O)c1cc(C)ccc1N. The lowest BCUT2D eigenvalue weighted by atomic mass is 10.2. The summed E-state index contributed by atoms with van der Waals surface area (Å²) in [6.07, 6.45) is 1.84. The van der Waals surface area contributed by atoms with Crippen LogP contribution >= 0.6 is 0 Å². The molecule has 2 N–H and O–H groups in total. The number of unbranched alkanes of at least 4 members (excludes halogenated alkanes) is 1.